The molecule has 2 aromatic rings. The molecule has 1 saturated heterocycles. The molecule has 15 heteroatoms. The Morgan fingerprint density at radius 1 is 0.949 bits per heavy atom. The first-order valence-corrected chi connectivity index (χ1v) is 11.3. The van der Waals surface area contributed by atoms with E-state index in [0.29, 0.717) is 11.3 Å². The van der Waals surface area contributed by atoms with Crippen LogP contribution in [-0.2, 0) is 19.1 Å². The van der Waals surface area contributed by atoms with Gasteiger partial charge in [-0.25, -0.2) is 0 Å². The van der Waals surface area contributed by atoms with Crippen molar-refractivity contribution in [3.63, 3.8) is 0 Å². The zero-order valence-electron chi connectivity index (χ0n) is 20.2. The average molecular weight is 562 g/mol. The molecular formula is C24H24F6N4O5. The second-order valence-electron chi connectivity index (χ2n) is 8.08. The molecule has 0 radical (unpaired) electrons. The summed E-state index contributed by atoms with van der Waals surface area (Å²) in [6, 6.07) is 11.0. The van der Waals surface area contributed by atoms with Crippen LogP contribution in [0.5, 0.6) is 5.75 Å². The molecule has 1 aromatic heterocycles. The maximum atomic E-state index is 12.2. The van der Waals surface area contributed by atoms with Gasteiger partial charge in [0, 0.05) is 36.7 Å². The van der Waals surface area contributed by atoms with Gasteiger partial charge in [0.1, 0.15) is 24.8 Å². The molecule has 1 fully saturated rings. The lowest BCUT2D eigenvalue weighted by molar-refractivity contribution is -0.193. The van der Waals surface area contributed by atoms with Crippen LogP contribution in [0, 0.1) is 11.3 Å². The largest absolute Gasteiger partial charge is 0.490 e. The number of carbonyl (C=O) groups is 3. The molecule has 0 aliphatic carbocycles. The summed E-state index contributed by atoms with van der Waals surface area (Å²) < 4.78 is 77.9. The predicted molar refractivity (Wildman–Crippen MR) is 125 cm³/mol. The highest BCUT2D eigenvalue weighted by Crippen LogP contribution is 2.25. The molecule has 0 amide bonds. The molecule has 1 aromatic carbocycles. The van der Waals surface area contributed by atoms with Gasteiger partial charge in [0.25, 0.3) is 0 Å². The Labute approximate surface area is 218 Å². The van der Waals surface area contributed by atoms with E-state index in [1.165, 1.54) is 0 Å². The van der Waals surface area contributed by atoms with Crippen LogP contribution in [0.3, 0.4) is 0 Å². The number of esters is 1. The number of ketones is 2. The number of carbonyl (C=O) groups excluding carboxylic acids is 3. The number of anilines is 1. The number of nitrogens with two attached hydrogens (primary N) is 1. The minimum atomic E-state index is -5.77. The van der Waals surface area contributed by atoms with Gasteiger partial charge in [-0.2, -0.15) is 26.3 Å². The van der Waals surface area contributed by atoms with Crippen molar-refractivity contribution >= 4 is 29.1 Å². The minimum Gasteiger partial charge on any atom is -0.490 e. The highest BCUT2D eigenvalue weighted by atomic mass is 19.4. The molecule has 9 nitrogen and oxygen atoms in total. The number of nitrogens with zero attached hydrogens (tertiary/aromatic N) is 2. The minimum absolute atomic E-state index is 0.00927. The van der Waals surface area contributed by atoms with Gasteiger partial charge in [-0.15, -0.1) is 0 Å². The van der Waals surface area contributed by atoms with Crippen LogP contribution in [0.2, 0.25) is 0 Å². The molecule has 0 unspecified atom stereocenters. The Hall–Kier alpha value is -4.17. The van der Waals surface area contributed by atoms with E-state index in [9.17, 15) is 40.7 Å². The summed E-state index contributed by atoms with van der Waals surface area (Å²) >= 11 is 0. The number of hydrogen-bond acceptors (Lipinski definition) is 8. The van der Waals surface area contributed by atoms with Crippen molar-refractivity contribution in [3.05, 3.63) is 54.4 Å². The van der Waals surface area contributed by atoms with E-state index in [-0.39, 0.29) is 30.9 Å². The Kier molecular flexibility index (Phi) is 10.8. The number of pyridine rings is 1. The first-order valence-electron chi connectivity index (χ1n) is 11.3. The van der Waals surface area contributed by atoms with E-state index in [1.807, 2.05) is 12.1 Å². The third kappa shape index (κ3) is 9.90. The van der Waals surface area contributed by atoms with Crippen molar-refractivity contribution in [2.24, 2.45) is 11.7 Å². The van der Waals surface area contributed by atoms with E-state index < -0.39 is 23.9 Å². The molecule has 39 heavy (non-hydrogen) atoms. The quantitative estimate of drug-likeness (QED) is 0.125. The number of benzene rings is 1. The van der Waals surface area contributed by atoms with Crippen molar-refractivity contribution in [2.75, 3.05) is 31.2 Å². The Morgan fingerprint density at radius 2 is 1.51 bits per heavy atom. The van der Waals surface area contributed by atoms with Crippen molar-refractivity contribution in [1.82, 2.24) is 4.98 Å². The van der Waals surface area contributed by atoms with E-state index in [2.05, 4.69) is 9.88 Å². The number of nitrogen functional groups attached to an aromatic ring is 1. The fraction of sp³-hybridized carbons (Fsp3) is 0.375. The van der Waals surface area contributed by atoms with Gasteiger partial charge in [-0.1, -0.05) is 12.1 Å². The van der Waals surface area contributed by atoms with E-state index >= 15 is 0 Å². The molecule has 2 heterocycles. The Balaban J connectivity index is 0.000000377. The molecule has 0 saturated carbocycles. The number of Topliss-reactive ketones (excluding diaryl/α,β-unsaturated/α-hetero) is 2. The van der Waals surface area contributed by atoms with Crippen molar-refractivity contribution in [2.45, 2.75) is 25.2 Å². The number of ether oxygens (including phenoxy) is 2. The first kappa shape index (κ1) is 31.1. The Morgan fingerprint density at radius 3 is 2.03 bits per heavy atom. The van der Waals surface area contributed by atoms with Gasteiger partial charge in [0.15, 0.2) is 0 Å². The topological polar surface area (TPSA) is 136 Å². The summed E-state index contributed by atoms with van der Waals surface area (Å²) in [4.78, 5) is 37.8. The summed E-state index contributed by atoms with van der Waals surface area (Å²) in [5, 5.41) is 7.43. The molecule has 1 aliphatic heterocycles. The lowest BCUT2D eigenvalue weighted by Gasteiger charge is -2.32. The maximum absolute atomic E-state index is 12.2. The van der Waals surface area contributed by atoms with Crippen LogP contribution in [0.15, 0.2) is 48.8 Å². The highest BCUT2D eigenvalue weighted by Gasteiger charge is 2.54. The van der Waals surface area contributed by atoms with Gasteiger partial charge in [0.05, 0.1) is 5.92 Å². The first-order chi connectivity index (χ1) is 18.2. The molecule has 1 aliphatic rings. The number of alkyl halides is 6. The maximum Gasteiger partial charge on any atom is 0.458 e. The number of aromatic nitrogens is 1. The van der Waals surface area contributed by atoms with Crippen LogP contribution >= 0.6 is 0 Å². The summed E-state index contributed by atoms with van der Waals surface area (Å²) in [7, 11) is 0. The SMILES string of the molecule is N=C(N)c1cccc(OCCOC(=O)C2CCN(c3ccncc3)CC2)c1.O=C(C(=O)C(F)(F)F)C(F)(F)F. The molecule has 0 spiro atoms. The summed E-state index contributed by atoms with van der Waals surface area (Å²) in [5.74, 6) is -6.45. The number of rotatable bonds is 8. The number of nitrogens with one attached hydrogen (secondary N) is 1. The zero-order valence-corrected chi connectivity index (χ0v) is 20.2. The lowest BCUT2D eigenvalue weighted by Crippen LogP contribution is -2.39. The highest BCUT2D eigenvalue weighted by molar-refractivity contribution is 6.41. The fourth-order valence-corrected chi connectivity index (χ4v) is 3.36. The second-order valence-corrected chi connectivity index (χ2v) is 8.08. The van der Waals surface area contributed by atoms with Crippen LogP contribution < -0.4 is 15.4 Å². The molecule has 212 valence electrons. The average Bonchev–Trinajstić information content (AvgIpc) is 2.90. The molecule has 3 rings (SSSR count). The number of amidine groups is 1. The van der Waals surface area contributed by atoms with Crippen molar-refractivity contribution in [1.29, 1.82) is 5.41 Å². The van der Waals surface area contributed by atoms with Crippen LogP contribution in [0.1, 0.15) is 18.4 Å². The standard InChI is InChI=1S/C20H24N4O3.C4F6O2/c21-19(22)16-2-1-3-18(14-16)26-12-13-27-20(25)15-6-10-24(11-7-15)17-4-8-23-9-5-17;5-3(6,7)1(11)2(12)4(8,9)10/h1-5,8-9,14-15H,6-7,10-13H2,(H3,21,22);. The number of piperidine rings is 1. The second kappa shape index (κ2) is 13.6. The Bertz CT molecular complexity index is 1130. The van der Waals surface area contributed by atoms with Crippen molar-refractivity contribution < 1.29 is 50.2 Å². The predicted octanol–water partition coefficient (Wildman–Crippen LogP) is 3.45. The smallest absolute Gasteiger partial charge is 0.458 e. The van der Waals surface area contributed by atoms with Crippen LogP contribution in [-0.4, -0.2) is 67.0 Å². The monoisotopic (exact) mass is 562 g/mol. The van der Waals surface area contributed by atoms with E-state index in [1.54, 1.807) is 36.7 Å². The van der Waals surface area contributed by atoms with Gasteiger partial charge < -0.3 is 20.1 Å². The van der Waals surface area contributed by atoms with Gasteiger partial charge >= 0.3 is 29.9 Å². The molecular weight excluding hydrogens is 538 g/mol. The third-order valence-electron chi connectivity index (χ3n) is 5.32. The zero-order chi connectivity index (χ0) is 29.2. The normalized spacial score (nSPS) is 14.1. The van der Waals surface area contributed by atoms with Gasteiger partial charge in [-0.05, 0) is 37.1 Å². The molecule has 3 N–H and O–H groups in total. The summed E-state index contributed by atoms with van der Waals surface area (Å²) in [5.41, 5.74) is 7.20. The van der Waals surface area contributed by atoms with Gasteiger partial charge in [-0.3, -0.25) is 24.8 Å². The number of halogens is 6. The summed E-state index contributed by atoms with van der Waals surface area (Å²) in [6.45, 7) is 2.13. The van der Waals surface area contributed by atoms with E-state index in [4.69, 9.17) is 20.6 Å². The van der Waals surface area contributed by atoms with Crippen LogP contribution in [0.4, 0.5) is 32.0 Å². The van der Waals surface area contributed by atoms with Crippen LogP contribution in [0.25, 0.3) is 0 Å². The third-order valence-corrected chi connectivity index (χ3v) is 5.32. The number of hydrogen-bond donors (Lipinski definition) is 2. The van der Waals surface area contributed by atoms with Gasteiger partial charge in [0.2, 0.25) is 0 Å². The van der Waals surface area contributed by atoms with Crippen molar-refractivity contribution in [3.8, 4) is 5.75 Å². The molecule has 0 bridgehead atoms. The fourth-order valence-electron chi connectivity index (χ4n) is 3.36. The summed E-state index contributed by atoms with van der Waals surface area (Å²) in [6.07, 6.45) is -6.42. The van der Waals surface area contributed by atoms with E-state index in [0.717, 1.165) is 31.6 Å². The molecule has 0 atom stereocenters. The lowest BCUT2D eigenvalue weighted by atomic mass is 9.97.